The zero-order chi connectivity index (χ0) is 18.8. The minimum Gasteiger partial charge on any atom is -0.468 e. The third-order valence-electron chi connectivity index (χ3n) is 5.08. The lowest BCUT2D eigenvalue weighted by Gasteiger charge is -2.29. The molecule has 4 nitrogen and oxygen atoms in total. The van der Waals surface area contributed by atoms with Crippen LogP contribution in [0.4, 0.5) is 4.39 Å². The number of hydrogen-bond acceptors (Lipinski definition) is 4. The molecule has 140 valence electrons. The van der Waals surface area contributed by atoms with Gasteiger partial charge in [0.1, 0.15) is 11.6 Å². The molecule has 1 aliphatic heterocycles. The summed E-state index contributed by atoms with van der Waals surface area (Å²) in [7, 11) is 0. The van der Waals surface area contributed by atoms with E-state index in [4.69, 9.17) is 4.42 Å². The summed E-state index contributed by atoms with van der Waals surface area (Å²) < 4.78 is 18.7. The van der Waals surface area contributed by atoms with Crippen LogP contribution in [0.25, 0.3) is 5.57 Å². The molecule has 1 fully saturated rings. The molecule has 2 amide bonds. The topological polar surface area (TPSA) is 50.5 Å². The standard InChI is InChI=1S/C21H20FNO3S/c22-15-10-8-14(9-11-15)18-19(27-13-17-7-4-12-26-17)21(25)23(20(18)24)16-5-2-1-3-6-16/h4,7-12,16H,1-3,5-6,13H2. The highest BCUT2D eigenvalue weighted by molar-refractivity contribution is 8.03. The van der Waals surface area contributed by atoms with Gasteiger partial charge >= 0.3 is 0 Å². The Kier molecular flexibility index (Phi) is 5.16. The largest absolute Gasteiger partial charge is 0.468 e. The van der Waals surface area contributed by atoms with Crippen LogP contribution >= 0.6 is 11.8 Å². The fourth-order valence-corrected chi connectivity index (χ4v) is 4.76. The molecule has 0 radical (unpaired) electrons. The summed E-state index contributed by atoms with van der Waals surface area (Å²) in [6, 6.07) is 9.35. The van der Waals surface area contributed by atoms with Crippen LogP contribution in [0.2, 0.25) is 0 Å². The van der Waals surface area contributed by atoms with Gasteiger partial charge in [-0.15, -0.1) is 11.8 Å². The summed E-state index contributed by atoms with van der Waals surface area (Å²) in [5, 5.41) is 0. The van der Waals surface area contributed by atoms with Crippen molar-refractivity contribution in [2.24, 2.45) is 0 Å². The summed E-state index contributed by atoms with van der Waals surface area (Å²) >= 11 is 1.31. The number of carbonyl (C=O) groups excluding carboxylic acids is 2. The first kappa shape index (κ1) is 18.0. The second kappa shape index (κ2) is 7.72. The van der Waals surface area contributed by atoms with Gasteiger partial charge in [0.2, 0.25) is 0 Å². The van der Waals surface area contributed by atoms with Gasteiger partial charge in [0.15, 0.2) is 0 Å². The van der Waals surface area contributed by atoms with E-state index in [1.54, 1.807) is 24.5 Å². The SMILES string of the molecule is O=C1C(SCc2ccco2)=C(c2ccc(F)cc2)C(=O)N1C1CCCCC1. The monoisotopic (exact) mass is 385 g/mol. The number of amides is 2. The Balaban J connectivity index is 1.68. The maximum absolute atomic E-state index is 13.4. The second-order valence-electron chi connectivity index (χ2n) is 6.85. The molecule has 0 atom stereocenters. The van der Waals surface area contributed by atoms with Crippen LogP contribution in [-0.2, 0) is 15.3 Å². The van der Waals surface area contributed by atoms with Crippen molar-refractivity contribution in [2.75, 3.05) is 0 Å². The Bertz CT molecular complexity index is 867. The molecule has 1 saturated carbocycles. The van der Waals surface area contributed by atoms with E-state index < -0.39 is 0 Å². The molecule has 0 N–H and O–H groups in total. The Morgan fingerprint density at radius 2 is 1.78 bits per heavy atom. The molecule has 6 heteroatoms. The van der Waals surface area contributed by atoms with E-state index in [1.165, 1.54) is 28.8 Å². The van der Waals surface area contributed by atoms with E-state index in [2.05, 4.69) is 0 Å². The van der Waals surface area contributed by atoms with Crippen molar-refractivity contribution in [1.82, 2.24) is 4.90 Å². The quantitative estimate of drug-likeness (QED) is 0.696. The van der Waals surface area contributed by atoms with Crippen LogP contribution < -0.4 is 0 Å². The van der Waals surface area contributed by atoms with Gasteiger partial charge in [-0.05, 0) is 42.7 Å². The van der Waals surface area contributed by atoms with E-state index in [1.807, 2.05) is 6.07 Å². The van der Waals surface area contributed by atoms with Crippen LogP contribution in [0.3, 0.4) is 0 Å². The summed E-state index contributed by atoms with van der Waals surface area (Å²) in [4.78, 5) is 28.2. The lowest BCUT2D eigenvalue weighted by molar-refractivity contribution is -0.139. The van der Waals surface area contributed by atoms with Gasteiger partial charge in [-0.25, -0.2) is 4.39 Å². The molecule has 4 rings (SSSR count). The highest BCUT2D eigenvalue weighted by atomic mass is 32.2. The van der Waals surface area contributed by atoms with Gasteiger partial charge in [-0.3, -0.25) is 14.5 Å². The van der Waals surface area contributed by atoms with Crippen molar-refractivity contribution in [3.05, 3.63) is 64.7 Å². The maximum atomic E-state index is 13.4. The zero-order valence-electron chi connectivity index (χ0n) is 14.8. The number of furan rings is 1. The Morgan fingerprint density at radius 1 is 1.04 bits per heavy atom. The van der Waals surface area contributed by atoms with Crippen molar-refractivity contribution in [3.63, 3.8) is 0 Å². The molecule has 2 aromatic rings. The van der Waals surface area contributed by atoms with Gasteiger partial charge in [-0.1, -0.05) is 31.4 Å². The molecule has 0 bridgehead atoms. The fraction of sp³-hybridized carbons (Fsp3) is 0.333. The number of hydrogen-bond donors (Lipinski definition) is 0. The van der Waals surface area contributed by atoms with Crippen molar-refractivity contribution < 1.29 is 18.4 Å². The van der Waals surface area contributed by atoms with E-state index in [0.29, 0.717) is 21.8 Å². The first-order valence-electron chi connectivity index (χ1n) is 9.18. The van der Waals surface area contributed by atoms with Crippen LogP contribution in [0.5, 0.6) is 0 Å². The highest BCUT2D eigenvalue weighted by Gasteiger charge is 2.43. The Labute approximate surface area is 161 Å². The highest BCUT2D eigenvalue weighted by Crippen LogP contribution is 2.40. The molecule has 0 unspecified atom stereocenters. The van der Waals surface area contributed by atoms with Gasteiger partial charge in [0, 0.05) is 6.04 Å². The Hall–Kier alpha value is -2.34. The van der Waals surface area contributed by atoms with Gasteiger partial charge in [-0.2, -0.15) is 0 Å². The van der Waals surface area contributed by atoms with E-state index in [0.717, 1.165) is 37.9 Å². The Morgan fingerprint density at radius 3 is 2.44 bits per heavy atom. The number of carbonyl (C=O) groups is 2. The van der Waals surface area contributed by atoms with Crippen molar-refractivity contribution in [2.45, 2.75) is 43.9 Å². The van der Waals surface area contributed by atoms with Crippen molar-refractivity contribution in [1.29, 1.82) is 0 Å². The molecule has 0 spiro atoms. The molecule has 1 aromatic heterocycles. The van der Waals surface area contributed by atoms with E-state index in [-0.39, 0.29) is 23.7 Å². The number of thioether (sulfide) groups is 1. The van der Waals surface area contributed by atoms with E-state index >= 15 is 0 Å². The van der Waals surface area contributed by atoms with Gasteiger partial charge < -0.3 is 4.42 Å². The molecular weight excluding hydrogens is 365 g/mol. The predicted octanol–water partition coefficient (Wildman–Crippen LogP) is 4.76. The van der Waals surface area contributed by atoms with Crippen LogP contribution in [0.15, 0.2) is 52.0 Å². The molecule has 1 aromatic carbocycles. The smallest absolute Gasteiger partial charge is 0.268 e. The van der Waals surface area contributed by atoms with Crippen molar-refractivity contribution in [3.8, 4) is 0 Å². The normalized spacial score (nSPS) is 18.6. The summed E-state index contributed by atoms with van der Waals surface area (Å²) in [5.41, 5.74) is 0.956. The molecular formula is C21H20FNO3S. The maximum Gasteiger partial charge on any atom is 0.268 e. The van der Waals surface area contributed by atoms with Crippen LogP contribution in [0.1, 0.15) is 43.4 Å². The molecule has 27 heavy (non-hydrogen) atoms. The number of rotatable bonds is 5. The minimum atomic E-state index is -0.370. The number of benzene rings is 1. The van der Waals surface area contributed by atoms with Crippen molar-refractivity contribution >= 4 is 29.1 Å². The second-order valence-corrected chi connectivity index (χ2v) is 7.84. The van der Waals surface area contributed by atoms with Gasteiger partial charge in [0.25, 0.3) is 11.8 Å². The lowest BCUT2D eigenvalue weighted by atomic mass is 9.94. The summed E-state index contributed by atoms with van der Waals surface area (Å²) in [5.74, 6) is 0.334. The van der Waals surface area contributed by atoms with E-state index in [9.17, 15) is 14.0 Å². The molecule has 2 aliphatic rings. The third-order valence-corrected chi connectivity index (χ3v) is 6.18. The fourth-order valence-electron chi connectivity index (χ4n) is 3.74. The average Bonchev–Trinajstić information content (AvgIpc) is 3.28. The minimum absolute atomic E-state index is 0.0455. The predicted molar refractivity (Wildman–Crippen MR) is 102 cm³/mol. The number of imide groups is 1. The molecule has 2 heterocycles. The first-order chi connectivity index (χ1) is 13.1. The zero-order valence-corrected chi connectivity index (χ0v) is 15.6. The average molecular weight is 385 g/mol. The van der Waals surface area contributed by atoms with Crippen LogP contribution in [0, 0.1) is 5.82 Å². The number of nitrogens with zero attached hydrogens (tertiary/aromatic N) is 1. The van der Waals surface area contributed by atoms with Gasteiger partial charge in [0.05, 0.1) is 22.5 Å². The summed E-state index contributed by atoms with van der Waals surface area (Å²) in [6.45, 7) is 0. The lowest BCUT2D eigenvalue weighted by Crippen LogP contribution is -2.42. The number of halogens is 1. The van der Waals surface area contributed by atoms with Crippen LogP contribution in [-0.4, -0.2) is 22.8 Å². The summed E-state index contributed by atoms with van der Waals surface area (Å²) in [6.07, 6.45) is 6.49. The molecule has 1 aliphatic carbocycles. The molecule has 0 saturated heterocycles. The third kappa shape index (κ3) is 3.58. The first-order valence-corrected chi connectivity index (χ1v) is 10.2.